The number of rotatable bonds is 5. The van der Waals surface area contributed by atoms with Gasteiger partial charge in [0, 0.05) is 23.2 Å². The van der Waals surface area contributed by atoms with Gasteiger partial charge in [0.05, 0.1) is 12.8 Å². The summed E-state index contributed by atoms with van der Waals surface area (Å²) in [6.07, 6.45) is 1.45. The van der Waals surface area contributed by atoms with Gasteiger partial charge in [0.15, 0.2) is 5.76 Å². The first kappa shape index (κ1) is 17.0. The van der Waals surface area contributed by atoms with Crippen LogP contribution >= 0.6 is 11.3 Å². The van der Waals surface area contributed by atoms with E-state index >= 15 is 0 Å². The smallest absolute Gasteiger partial charge is 0.291 e. The second-order valence-electron chi connectivity index (χ2n) is 5.70. The third kappa shape index (κ3) is 3.97. The molecule has 0 saturated carbocycles. The normalized spacial score (nSPS) is 10.5. The van der Waals surface area contributed by atoms with Crippen LogP contribution in [0.4, 0.5) is 5.69 Å². The van der Waals surface area contributed by atoms with Crippen molar-refractivity contribution in [2.24, 2.45) is 0 Å². The maximum Gasteiger partial charge on any atom is 0.291 e. The van der Waals surface area contributed by atoms with Crippen molar-refractivity contribution in [3.05, 3.63) is 75.9 Å². The van der Waals surface area contributed by atoms with Crippen LogP contribution in [-0.4, -0.2) is 23.8 Å². The predicted octanol–water partition coefficient (Wildman–Crippen LogP) is 4.17. The van der Waals surface area contributed by atoms with Crippen molar-refractivity contribution in [1.29, 1.82) is 0 Å². The average Bonchev–Trinajstić information content (AvgIpc) is 3.29. The summed E-state index contributed by atoms with van der Waals surface area (Å²) in [5.74, 6) is -0.211. The lowest BCUT2D eigenvalue weighted by Gasteiger charge is -2.17. The molecular formula is C19H18N2O3S. The highest BCUT2D eigenvalue weighted by atomic mass is 32.1. The molecule has 0 fully saturated rings. The molecule has 0 aliphatic carbocycles. The SMILES string of the molecule is Cc1ccc(C(=O)N(C)Cc2cccs2)cc1NC(=O)c1ccco1. The zero-order valence-corrected chi connectivity index (χ0v) is 14.8. The zero-order chi connectivity index (χ0) is 17.8. The highest BCUT2D eigenvalue weighted by molar-refractivity contribution is 7.09. The molecule has 0 aliphatic heterocycles. The first-order chi connectivity index (χ1) is 12.0. The largest absolute Gasteiger partial charge is 0.459 e. The number of hydrogen-bond acceptors (Lipinski definition) is 4. The molecule has 0 unspecified atom stereocenters. The van der Waals surface area contributed by atoms with Gasteiger partial charge in [0.25, 0.3) is 11.8 Å². The van der Waals surface area contributed by atoms with Crippen LogP contribution in [0.15, 0.2) is 58.5 Å². The van der Waals surface area contributed by atoms with Crippen molar-refractivity contribution < 1.29 is 14.0 Å². The lowest BCUT2D eigenvalue weighted by molar-refractivity contribution is 0.0786. The molecule has 0 atom stereocenters. The minimum absolute atomic E-state index is 0.0955. The molecule has 0 spiro atoms. The van der Waals surface area contributed by atoms with E-state index < -0.39 is 0 Å². The van der Waals surface area contributed by atoms with Crippen LogP contribution in [0.1, 0.15) is 31.4 Å². The van der Waals surface area contributed by atoms with Gasteiger partial charge in [-0.15, -0.1) is 11.3 Å². The van der Waals surface area contributed by atoms with Crippen LogP contribution < -0.4 is 5.32 Å². The molecule has 1 aromatic carbocycles. The van der Waals surface area contributed by atoms with E-state index in [0.29, 0.717) is 17.8 Å². The number of nitrogens with zero attached hydrogens (tertiary/aromatic N) is 1. The first-order valence-corrected chi connectivity index (χ1v) is 8.66. The Balaban J connectivity index is 1.76. The molecule has 25 heavy (non-hydrogen) atoms. The Labute approximate surface area is 149 Å². The maximum absolute atomic E-state index is 12.6. The molecule has 0 bridgehead atoms. The number of hydrogen-bond donors (Lipinski definition) is 1. The van der Waals surface area contributed by atoms with Crippen LogP contribution in [0.5, 0.6) is 0 Å². The Morgan fingerprint density at radius 2 is 2.04 bits per heavy atom. The lowest BCUT2D eigenvalue weighted by atomic mass is 10.1. The van der Waals surface area contributed by atoms with Crippen molar-refractivity contribution in [2.45, 2.75) is 13.5 Å². The standard InChI is InChI=1S/C19H18N2O3S/c1-13-7-8-14(19(23)21(2)12-15-5-4-10-25-15)11-16(13)20-18(22)17-6-3-9-24-17/h3-11H,12H2,1-2H3,(H,20,22). The van der Waals surface area contributed by atoms with E-state index in [1.165, 1.54) is 6.26 Å². The van der Waals surface area contributed by atoms with Crippen molar-refractivity contribution in [3.8, 4) is 0 Å². The fourth-order valence-corrected chi connectivity index (χ4v) is 3.17. The minimum atomic E-state index is -0.343. The maximum atomic E-state index is 12.6. The summed E-state index contributed by atoms with van der Waals surface area (Å²) in [4.78, 5) is 27.6. The Bertz CT molecular complexity index is 870. The Morgan fingerprint density at radius 3 is 2.72 bits per heavy atom. The average molecular weight is 354 g/mol. The molecule has 3 rings (SSSR count). The van der Waals surface area contributed by atoms with Crippen LogP contribution in [0.25, 0.3) is 0 Å². The number of amides is 2. The molecule has 2 aromatic heterocycles. The summed E-state index contributed by atoms with van der Waals surface area (Å²) >= 11 is 1.62. The number of benzene rings is 1. The third-order valence-corrected chi connectivity index (χ3v) is 4.66. The fraction of sp³-hybridized carbons (Fsp3) is 0.158. The summed E-state index contributed by atoms with van der Waals surface area (Å²) in [5.41, 5.74) is 1.99. The van der Waals surface area contributed by atoms with Gasteiger partial charge in [-0.1, -0.05) is 12.1 Å². The van der Waals surface area contributed by atoms with Crippen molar-refractivity contribution in [2.75, 3.05) is 12.4 Å². The number of carbonyl (C=O) groups excluding carboxylic acids is 2. The van der Waals surface area contributed by atoms with Crippen LogP contribution in [0.2, 0.25) is 0 Å². The number of aryl methyl sites for hydroxylation is 1. The number of anilines is 1. The van der Waals surface area contributed by atoms with E-state index in [1.807, 2.05) is 30.5 Å². The van der Waals surface area contributed by atoms with Gasteiger partial charge in [-0.2, -0.15) is 0 Å². The van der Waals surface area contributed by atoms with Crippen LogP contribution in [-0.2, 0) is 6.54 Å². The molecule has 3 aromatic rings. The molecule has 5 nitrogen and oxygen atoms in total. The Kier molecular flexibility index (Phi) is 5.00. The molecule has 2 heterocycles. The van der Waals surface area contributed by atoms with Crippen LogP contribution in [0.3, 0.4) is 0 Å². The van der Waals surface area contributed by atoms with E-state index in [-0.39, 0.29) is 17.6 Å². The Morgan fingerprint density at radius 1 is 1.20 bits per heavy atom. The summed E-state index contributed by atoms with van der Waals surface area (Å²) in [7, 11) is 1.77. The van der Waals surface area contributed by atoms with E-state index in [2.05, 4.69) is 5.32 Å². The number of thiophene rings is 1. The molecule has 6 heteroatoms. The Hall–Kier alpha value is -2.86. The molecule has 1 N–H and O–H groups in total. The van der Waals surface area contributed by atoms with E-state index in [4.69, 9.17) is 4.42 Å². The monoisotopic (exact) mass is 354 g/mol. The number of furan rings is 1. The highest BCUT2D eigenvalue weighted by Gasteiger charge is 2.16. The molecule has 128 valence electrons. The van der Waals surface area contributed by atoms with Gasteiger partial charge >= 0.3 is 0 Å². The molecule has 0 aliphatic rings. The quantitative estimate of drug-likeness (QED) is 0.748. The van der Waals surface area contributed by atoms with Gasteiger partial charge in [-0.3, -0.25) is 9.59 Å². The van der Waals surface area contributed by atoms with Crippen LogP contribution in [0, 0.1) is 6.92 Å². The van der Waals surface area contributed by atoms with Gasteiger partial charge in [-0.25, -0.2) is 0 Å². The molecule has 0 saturated heterocycles. The highest BCUT2D eigenvalue weighted by Crippen LogP contribution is 2.20. The zero-order valence-electron chi connectivity index (χ0n) is 14.0. The number of nitrogens with one attached hydrogen (secondary N) is 1. The second kappa shape index (κ2) is 7.36. The van der Waals surface area contributed by atoms with Gasteiger partial charge in [-0.05, 0) is 48.2 Å². The second-order valence-corrected chi connectivity index (χ2v) is 6.73. The van der Waals surface area contributed by atoms with Gasteiger partial charge in [0.1, 0.15) is 0 Å². The molecular weight excluding hydrogens is 336 g/mol. The van der Waals surface area contributed by atoms with E-state index in [9.17, 15) is 9.59 Å². The van der Waals surface area contributed by atoms with E-state index in [0.717, 1.165) is 10.4 Å². The summed E-state index contributed by atoms with van der Waals surface area (Å²) in [5, 5.41) is 4.78. The van der Waals surface area contributed by atoms with Gasteiger partial charge < -0.3 is 14.6 Å². The predicted molar refractivity (Wildman–Crippen MR) is 98.0 cm³/mol. The topological polar surface area (TPSA) is 62.6 Å². The third-order valence-electron chi connectivity index (χ3n) is 3.80. The fourth-order valence-electron chi connectivity index (χ4n) is 2.41. The summed E-state index contributed by atoms with van der Waals surface area (Å²) < 4.78 is 5.10. The first-order valence-electron chi connectivity index (χ1n) is 7.78. The lowest BCUT2D eigenvalue weighted by Crippen LogP contribution is -2.26. The molecule has 2 amide bonds. The van der Waals surface area contributed by atoms with Crippen molar-refractivity contribution >= 4 is 28.8 Å². The summed E-state index contributed by atoms with van der Waals surface area (Å²) in [6.45, 7) is 2.43. The molecule has 0 radical (unpaired) electrons. The van der Waals surface area contributed by atoms with Gasteiger partial charge in [0.2, 0.25) is 0 Å². The van der Waals surface area contributed by atoms with E-state index in [1.54, 1.807) is 47.5 Å². The number of carbonyl (C=O) groups is 2. The minimum Gasteiger partial charge on any atom is -0.459 e. The van der Waals surface area contributed by atoms with Crippen molar-refractivity contribution in [3.63, 3.8) is 0 Å². The summed E-state index contributed by atoms with van der Waals surface area (Å²) in [6, 6.07) is 12.5. The van der Waals surface area contributed by atoms with Crippen molar-refractivity contribution in [1.82, 2.24) is 4.90 Å².